The van der Waals surface area contributed by atoms with E-state index < -0.39 is 22.9 Å². The highest BCUT2D eigenvalue weighted by molar-refractivity contribution is 7.09. The Hall–Kier alpha value is -3.79. The number of carbonyl (C=O) groups excluding carboxylic acids is 2. The summed E-state index contributed by atoms with van der Waals surface area (Å²) in [4.78, 5) is 39.2. The van der Waals surface area contributed by atoms with E-state index >= 15 is 0 Å². The van der Waals surface area contributed by atoms with Crippen LogP contribution in [-0.4, -0.2) is 27.9 Å². The van der Waals surface area contributed by atoms with Crippen LogP contribution in [0.3, 0.4) is 0 Å². The molecule has 0 spiro atoms. The number of thiazole rings is 1. The van der Waals surface area contributed by atoms with E-state index in [2.05, 4.69) is 10.3 Å². The maximum Gasteiger partial charge on any atom is 0.339 e. The second kappa shape index (κ2) is 9.81. The van der Waals surface area contributed by atoms with Gasteiger partial charge in [0.25, 0.3) is 11.6 Å². The number of hydrogen-bond donors (Lipinski definition) is 1. The van der Waals surface area contributed by atoms with Crippen molar-refractivity contribution in [2.75, 3.05) is 5.32 Å². The van der Waals surface area contributed by atoms with Gasteiger partial charge in [-0.25, -0.2) is 9.78 Å². The average molecular weight is 441 g/mol. The number of nitro groups is 1. The lowest BCUT2D eigenvalue weighted by atomic mass is 10.2. The van der Waals surface area contributed by atoms with Gasteiger partial charge in [-0.15, -0.1) is 11.3 Å². The quantitative estimate of drug-likeness (QED) is 0.317. The van der Waals surface area contributed by atoms with Gasteiger partial charge in [-0.2, -0.15) is 0 Å². The van der Waals surface area contributed by atoms with Gasteiger partial charge in [-0.1, -0.05) is 6.07 Å². The molecule has 10 heteroatoms. The Labute approximate surface area is 181 Å². The maximum atomic E-state index is 12.4. The number of non-ortho nitro benzene ring substituents is 1. The lowest BCUT2D eigenvalue weighted by molar-refractivity contribution is -0.384. The highest BCUT2D eigenvalue weighted by Gasteiger charge is 2.20. The smallest absolute Gasteiger partial charge is 0.339 e. The minimum Gasteiger partial charge on any atom is -0.487 e. The number of aryl methyl sites for hydroxylation is 1. The van der Waals surface area contributed by atoms with E-state index in [1.165, 1.54) is 48.6 Å². The molecule has 0 aliphatic carbocycles. The molecule has 0 fully saturated rings. The summed E-state index contributed by atoms with van der Waals surface area (Å²) in [5, 5.41) is 16.1. The average Bonchev–Trinajstić information content (AvgIpc) is 3.18. The van der Waals surface area contributed by atoms with Gasteiger partial charge < -0.3 is 14.8 Å². The van der Waals surface area contributed by atoms with Crippen LogP contribution in [0.1, 0.15) is 28.0 Å². The number of ether oxygens (including phenoxy) is 2. The standard InChI is InChI=1S/C21H19N3O6S/c1-13(20(25)23-16-6-8-18(9-7-16)24(27)28)30-21(26)15-4-3-5-19(10-15)29-11-17-12-31-14(2)22-17/h3-10,12-13H,11H2,1-2H3,(H,23,25). The Bertz CT molecular complexity index is 1100. The Morgan fingerprint density at radius 1 is 1.23 bits per heavy atom. The first kappa shape index (κ1) is 21.9. The third-order valence-corrected chi connectivity index (χ3v) is 4.94. The molecule has 31 heavy (non-hydrogen) atoms. The fourth-order valence-electron chi connectivity index (χ4n) is 2.54. The summed E-state index contributed by atoms with van der Waals surface area (Å²) in [6.07, 6.45) is -1.08. The SMILES string of the molecule is Cc1nc(COc2cccc(C(=O)OC(C)C(=O)Nc3ccc([N+](=O)[O-])cc3)c2)cs1. The highest BCUT2D eigenvalue weighted by atomic mass is 32.1. The second-order valence-electron chi connectivity index (χ2n) is 6.52. The molecule has 3 aromatic rings. The van der Waals surface area contributed by atoms with Gasteiger partial charge in [0.2, 0.25) is 0 Å². The lowest BCUT2D eigenvalue weighted by Gasteiger charge is -2.14. The van der Waals surface area contributed by atoms with Gasteiger partial charge in [-0.3, -0.25) is 14.9 Å². The zero-order valence-corrected chi connectivity index (χ0v) is 17.5. The van der Waals surface area contributed by atoms with Gasteiger partial charge in [0.15, 0.2) is 6.10 Å². The summed E-state index contributed by atoms with van der Waals surface area (Å²) in [6.45, 7) is 3.62. The first-order chi connectivity index (χ1) is 14.8. The molecule has 160 valence electrons. The minimum atomic E-state index is -1.08. The van der Waals surface area contributed by atoms with E-state index in [9.17, 15) is 19.7 Å². The van der Waals surface area contributed by atoms with E-state index in [0.717, 1.165) is 10.7 Å². The van der Waals surface area contributed by atoms with E-state index in [4.69, 9.17) is 9.47 Å². The Kier molecular flexibility index (Phi) is 6.93. The molecule has 0 aliphatic rings. The number of benzene rings is 2. The molecule has 1 N–H and O–H groups in total. The van der Waals surface area contributed by atoms with Crippen LogP contribution in [0.2, 0.25) is 0 Å². The molecule has 1 unspecified atom stereocenters. The molecule has 2 aromatic carbocycles. The molecule has 0 saturated carbocycles. The summed E-state index contributed by atoms with van der Waals surface area (Å²) in [5.41, 5.74) is 1.30. The van der Waals surface area contributed by atoms with Crippen molar-refractivity contribution in [3.63, 3.8) is 0 Å². The van der Waals surface area contributed by atoms with Crippen molar-refractivity contribution >= 4 is 34.6 Å². The number of nitro benzene ring substituents is 1. The van der Waals surface area contributed by atoms with Crippen LogP contribution in [0.5, 0.6) is 5.75 Å². The zero-order valence-electron chi connectivity index (χ0n) is 16.7. The predicted molar refractivity (Wildman–Crippen MR) is 114 cm³/mol. The Morgan fingerprint density at radius 2 is 1.97 bits per heavy atom. The predicted octanol–water partition coefficient (Wildman–Crippen LogP) is 4.12. The zero-order chi connectivity index (χ0) is 22.4. The fourth-order valence-corrected chi connectivity index (χ4v) is 3.13. The molecular weight excluding hydrogens is 422 g/mol. The molecule has 1 amide bonds. The van der Waals surface area contributed by atoms with Crippen molar-refractivity contribution in [1.29, 1.82) is 0 Å². The summed E-state index contributed by atoms with van der Waals surface area (Å²) in [6, 6.07) is 11.8. The van der Waals surface area contributed by atoms with Gasteiger partial charge in [0.1, 0.15) is 12.4 Å². The van der Waals surface area contributed by atoms with Crippen LogP contribution < -0.4 is 10.1 Å². The normalized spacial score (nSPS) is 11.4. The molecular formula is C21H19N3O6S. The van der Waals surface area contributed by atoms with Crippen molar-refractivity contribution in [2.24, 2.45) is 0 Å². The highest BCUT2D eigenvalue weighted by Crippen LogP contribution is 2.18. The summed E-state index contributed by atoms with van der Waals surface area (Å²) in [7, 11) is 0. The Morgan fingerprint density at radius 3 is 2.61 bits per heavy atom. The molecule has 1 aromatic heterocycles. The van der Waals surface area contributed by atoms with E-state index in [1.54, 1.807) is 18.2 Å². The topological polar surface area (TPSA) is 121 Å². The number of nitrogens with one attached hydrogen (secondary N) is 1. The van der Waals surface area contributed by atoms with E-state index in [0.29, 0.717) is 11.4 Å². The molecule has 1 atom stereocenters. The van der Waals surface area contributed by atoms with Gasteiger partial charge in [0, 0.05) is 23.2 Å². The first-order valence-electron chi connectivity index (χ1n) is 9.22. The van der Waals surface area contributed by atoms with Gasteiger partial charge in [0.05, 0.1) is 21.2 Å². The molecule has 9 nitrogen and oxygen atoms in total. The lowest BCUT2D eigenvalue weighted by Crippen LogP contribution is -2.30. The molecule has 0 radical (unpaired) electrons. The minimum absolute atomic E-state index is 0.0931. The monoisotopic (exact) mass is 441 g/mol. The van der Waals surface area contributed by atoms with E-state index in [-0.39, 0.29) is 17.9 Å². The third kappa shape index (κ3) is 6.09. The first-order valence-corrected chi connectivity index (χ1v) is 10.1. The van der Waals surface area contributed by atoms with Crippen LogP contribution in [0.15, 0.2) is 53.9 Å². The number of hydrogen-bond acceptors (Lipinski definition) is 8. The van der Waals surface area contributed by atoms with Crippen molar-refractivity contribution in [3.8, 4) is 5.75 Å². The van der Waals surface area contributed by atoms with Crippen LogP contribution in [0.4, 0.5) is 11.4 Å². The Balaban J connectivity index is 1.55. The van der Waals surface area contributed by atoms with Gasteiger partial charge in [-0.05, 0) is 44.2 Å². The molecule has 0 saturated heterocycles. The maximum absolute atomic E-state index is 12.4. The van der Waals surface area contributed by atoms with Crippen LogP contribution in [-0.2, 0) is 16.1 Å². The van der Waals surface area contributed by atoms with Crippen molar-refractivity contribution in [1.82, 2.24) is 4.98 Å². The van der Waals surface area contributed by atoms with Crippen molar-refractivity contribution in [3.05, 3.63) is 80.3 Å². The van der Waals surface area contributed by atoms with Gasteiger partial charge >= 0.3 is 5.97 Å². The number of esters is 1. The van der Waals surface area contributed by atoms with E-state index in [1.807, 2.05) is 12.3 Å². The number of carbonyl (C=O) groups is 2. The summed E-state index contributed by atoms with van der Waals surface area (Å²) in [5.74, 6) is -0.766. The number of amides is 1. The molecule has 3 rings (SSSR count). The third-order valence-electron chi connectivity index (χ3n) is 4.12. The second-order valence-corrected chi connectivity index (χ2v) is 7.58. The molecule has 0 bridgehead atoms. The number of nitrogens with zero attached hydrogens (tertiary/aromatic N) is 2. The van der Waals surface area contributed by atoms with Crippen LogP contribution in [0, 0.1) is 17.0 Å². The fraction of sp³-hybridized carbons (Fsp3) is 0.190. The molecule has 0 aliphatic heterocycles. The number of aromatic nitrogens is 1. The summed E-state index contributed by atoms with van der Waals surface area (Å²) < 4.78 is 10.9. The largest absolute Gasteiger partial charge is 0.487 e. The number of rotatable bonds is 8. The van der Waals surface area contributed by atoms with Crippen molar-refractivity contribution in [2.45, 2.75) is 26.6 Å². The summed E-state index contributed by atoms with van der Waals surface area (Å²) >= 11 is 1.53. The van der Waals surface area contributed by atoms with Crippen LogP contribution in [0.25, 0.3) is 0 Å². The number of anilines is 1. The van der Waals surface area contributed by atoms with Crippen molar-refractivity contribution < 1.29 is 24.0 Å². The van der Waals surface area contributed by atoms with Crippen LogP contribution >= 0.6 is 11.3 Å². The molecule has 1 heterocycles.